The van der Waals surface area contributed by atoms with Crippen molar-refractivity contribution < 1.29 is 14.6 Å². The molecule has 172 valence electrons. The van der Waals surface area contributed by atoms with Crippen LogP contribution in [0.25, 0.3) is 22.0 Å². The number of thiazole rings is 1. The van der Waals surface area contributed by atoms with Crippen molar-refractivity contribution in [3.8, 4) is 22.8 Å². The summed E-state index contributed by atoms with van der Waals surface area (Å²) >= 11 is 1.49. The monoisotopic (exact) mass is 472 g/mol. The van der Waals surface area contributed by atoms with Gasteiger partial charge in [0.2, 0.25) is 4.80 Å². The molecule has 2 heterocycles. The van der Waals surface area contributed by atoms with Gasteiger partial charge in [0.25, 0.3) is 5.91 Å². The zero-order chi connectivity index (χ0) is 23.8. The van der Waals surface area contributed by atoms with E-state index in [2.05, 4.69) is 5.32 Å². The highest BCUT2D eigenvalue weighted by atomic mass is 32.1. The summed E-state index contributed by atoms with van der Waals surface area (Å²) in [4.78, 5) is 17.3. The normalized spacial score (nSPS) is 14.3. The number of aromatic nitrogens is 1. The first kappa shape index (κ1) is 21.9. The Balaban J connectivity index is 1.65. The molecule has 0 fully saturated rings. The van der Waals surface area contributed by atoms with Crippen LogP contribution in [-0.4, -0.2) is 34.1 Å². The standard InChI is InChI=1S/C26H24N4O3S/c1-15(2)27-26-30(29-16(3)19-10-8-17-6-4-5-7-20(17)25(19)32)22(14-34-26)18-9-11-23-21(12-18)28-24(31)13-33-23/h4-12,14-15,32H,13H2,1-3H3,(H,28,31). The summed E-state index contributed by atoms with van der Waals surface area (Å²) in [6, 6.07) is 17.3. The molecule has 5 rings (SSSR count). The molecular formula is C26H24N4O3S. The van der Waals surface area contributed by atoms with E-state index in [9.17, 15) is 9.90 Å². The number of rotatable bonds is 4. The Morgan fingerprint density at radius 1 is 1.18 bits per heavy atom. The summed E-state index contributed by atoms with van der Waals surface area (Å²) in [6.07, 6.45) is 0. The Morgan fingerprint density at radius 3 is 2.82 bits per heavy atom. The van der Waals surface area contributed by atoms with Gasteiger partial charge in [-0.2, -0.15) is 5.10 Å². The largest absolute Gasteiger partial charge is 0.507 e. The lowest BCUT2D eigenvalue weighted by atomic mass is 10.0. The molecular weight excluding hydrogens is 448 g/mol. The molecule has 1 aliphatic rings. The Bertz CT molecular complexity index is 1510. The SMILES string of the molecule is CC(=Nn1c(-c2ccc3c(c2)NC(=O)CO3)csc1=NC(C)C)c1ccc2ccccc2c1O. The number of phenols is 1. The van der Waals surface area contributed by atoms with Gasteiger partial charge in [-0.25, -0.2) is 4.68 Å². The third-order valence-electron chi connectivity index (χ3n) is 5.50. The zero-order valence-corrected chi connectivity index (χ0v) is 19.9. The number of anilines is 1. The first-order chi connectivity index (χ1) is 16.4. The third-order valence-corrected chi connectivity index (χ3v) is 6.33. The minimum atomic E-state index is -0.181. The van der Waals surface area contributed by atoms with Crippen LogP contribution in [0.1, 0.15) is 26.3 Å². The molecule has 0 saturated carbocycles. The number of hydrogen-bond acceptors (Lipinski definition) is 6. The molecule has 1 aliphatic heterocycles. The van der Waals surface area contributed by atoms with Crippen LogP contribution in [0, 0.1) is 0 Å². The number of amides is 1. The van der Waals surface area contributed by atoms with Crippen molar-refractivity contribution in [3.63, 3.8) is 0 Å². The summed E-state index contributed by atoms with van der Waals surface area (Å²) in [6.45, 7) is 5.92. The predicted octanol–water partition coefficient (Wildman–Crippen LogP) is 4.99. The molecule has 2 N–H and O–H groups in total. The number of carbonyl (C=O) groups excluding carboxylic acids is 1. The van der Waals surface area contributed by atoms with Gasteiger partial charge in [0.15, 0.2) is 6.61 Å². The number of nitrogens with one attached hydrogen (secondary N) is 1. The van der Waals surface area contributed by atoms with Crippen LogP contribution in [0.3, 0.4) is 0 Å². The summed E-state index contributed by atoms with van der Waals surface area (Å²) in [5, 5.41) is 22.4. The molecule has 8 heteroatoms. The molecule has 1 aromatic heterocycles. The maximum atomic E-state index is 11.8. The fourth-order valence-corrected chi connectivity index (χ4v) is 4.86. The number of benzene rings is 3. The van der Waals surface area contributed by atoms with E-state index in [1.54, 1.807) is 4.68 Å². The van der Waals surface area contributed by atoms with E-state index in [4.69, 9.17) is 14.8 Å². The molecule has 0 spiro atoms. The van der Waals surface area contributed by atoms with Crippen molar-refractivity contribution in [1.82, 2.24) is 4.68 Å². The van der Waals surface area contributed by atoms with Crippen molar-refractivity contribution in [2.45, 2.75) is 26.8 Å². The lowest BCUT2D eigenvalue weighted by Gasteiger charge is -2.18. The van der Waals surface area contributed by atoms with Crippen molar-refractivity contribution in [2.24, 2.45) is 10.1 Å². The number of aromatic hydroxyl groups is 1. The summed E-state index contributed by atoms with van der Waals surface area (Å²) < 4.78 is 7.29. The molecule has 0 aliphatic carbocycles. The van der Waals surface area contributed by atoms with Crippen molar-refractivity contribution >= 4 is 39.4 Å². The van der Waals surface area contributed by atoms with Gasteiger partial charge in [0.05, 0.1) is 17.1 Å². The van der Waals surface area contributed by atoms with Crippen LogP contribution in [0.5, 0.6) is 11.5 Å². The zero-order valence-electron chi connectivity index (χ0n) is 19.1. The fraction of sp³-hybridized carbons (Fsp3) is 0.192. The van der Waals surface area contributed by atoms with E-state index in [0.717, 1.165) is 26.8 Å². The lowest BCUT2D eigenvalue weighted by Crippen LogP contribution is -2.25. The van der Waals surface area contributed by atoms with Gasteiger partial charge in [0.1, 0.15) is 11.5 Å². The van der Waals surface area contributed by atoms with Gasteiger partial charge < -0.3 is 15.2 Å². The molecule has 0 saturated heterocycles. The molecule has 7 nitrogen and oxygen atoms in total. The maximum absolute atomic E-state index is 11.8. The maximum Gasteiger partial charge on any atom is 0.262 e. The number of nitrogens with zero attached hydrogens (tertiary/aromatic N) is 3. The van der Waals surface area contributed by atoms with E-state index in [-0.39, 0.29) is 24.3 Å². The van der Waals surface area contributed by atoms with Crippen molar-refractivity contribution in [2.75, 3.05) is 11.9 Å². The van der Waals surface area contributed by atoms with Gasteiger partial charge in [-0.1, -0.05) is 30.3 Å². The Morgan fingerprint density at radius 2 is 2.00 bits per heavy atom. The molecule has 3 aromatic carbocycles. The van der Waals surface area contributed by atoms with E-state index in [1.807, 2.05) is 80.7 Å². The average Bonchev–Trinajstić information content (AvgIpc) is 3.20. The van der Waals surface area contributed by atoms with Gasteiger partial charge in [-0.3, -0.25) is 9.79 Å². The quantitative estimate of drug-likeness (QED) is 0.410. The average molecular weight is 473 g/mol. The molecule has 0 atom stereocenters. The van der Waals surface area contributed by atoms with Crippen LogP contribution >= 0.6 is 11.3 Å². The highest BCUT2D eigenvalue weighted by molar-refractivity contribution is 7.07. The molecule has 0 unspecified atom stereocenters. The van der Waals surface area contributed by atoms with E-state index in [0.29, 0.717) is 22.7 Å². The minimum Gasteiger partial charge on any atom is -0.507 e. The van der Waals surface area contributed by atoms with Gasteiger partial charge in [-0.05, 0) is 50.4 Å². The molecule has 0 bridgehead atoms. The number of ether oxygens (including phenoxy) is 1. The molecule has 4 aromatic rings. The fourth-order valence-electron chi connectivity index (χ4n) is 3.90. The third kappa shape index (κ3) is 4.08. The summed E-state index contributed by atoms with van der Waals surface area (Å²) in [5.74, 6) is 0.657. The smallest absolute Gasteiger partial charge is 0.262 e. The van der Waals surface area contributed by atoms with E-state index >= 15 is 0 Å². The van der Waals surface area contributed by atoms with Crippen LogP contribution in [0.2, 0.25) is 0 Å². The highest BCUT2D eigenvalue weighted by Crippen LogP contribution is 2.33. The second kappa shape index (κ2) is 8.79. The van der Waals surface area contributed by atoms with Crippen LogP contribution < -0.4 is 14.9 Å². The van der Waals surface area contributed by atoms with Gasteiger partial charge in [0, 0.05) is 27.9 Å². The highest BCUT2D eigenvalue weighted by Gasteiger charge is 2.18. The van der Waals surface area contributed by atoms with Crippen molar-refractivity contribution in [3.05, 3.63) is 70.3 Å². The van der Waals surface area contributed by atoms with Crippen molar-refractivity contribution in [1.29, 1.82) is 0 Å². The van der Waals surface area contributed by atoms with E-state index in [1.165, 1.54) is 11.3 Å². The first-order valence-corrected chi connectivity index (χ1v) is 11.9. The second-order valence-electron chi connectivity index (χ2n) is 8.35. The predicted molar refractivity (Wildman–Crippen MR) is 136 cm³/mol. The molecule has 1 amide bonds. The van der Waals surface area contributed by atoms with Crippen LogP contribution in [0.15, 0.2) is 70.1 Å². The number of fused-ring (bicyclic) bond motifs is 2. The Labute approximate surface area is 200 Å². The van der Waals surface area contributed by atoms with Gasteiger partial charge in [-0.15, -0.1) is 11.3 Å². The second-order valence-corrected chi connectivity index (χ2v) is 9.19. The summed E-state index contributed by atoms with van der Waals surface area (Å²) in [5.41, 5.74) is 3.63. The van der Waals surface area contributed by atoms with Gasteiger partial charge >= 0.3 is 0 Å². The van der Waals surface area contributed by atoms with Crippen LogP contribution in [-0.2, 0) is 4.79 Å². The summed E-state index contributed by atoms with van der Waals surface area (Å²) in [7, 11) is 0. The van der Waals surface area contributed by atoms with E-state index < -0.39 is 0 Å². The number of hydrogen-bond donors (Lipinski definition) is 2. The number of phenolic OH excluding ortho intramolecular Hbond substituents is 1. The molecule has 0 radical (unpaired) electrons. The Kier molecular flexibility index (Phi) is 5.67. The minimum absolute atomic E-state index is 0.0148. The Hall–Kier alpha value is -3.91. The van der Waals surface area contributed by atoms with Crippen LogP contribution in [0.4, 0.5) is 5.69 Å². The number of carbonyl (C=O) groups is 1. The molecule has 34 heavy (non-hydrogen) atoms. The lowest BCUT2D eigenvalue weighted by molar-refractivity contribution is -0.118. The topological polar surface area (TPSA) is 88.2 Å². The first-order valence-electron chi connectivity index (χ1n) is 11.0.